The number of benzene rings is 2. The number of thioether (sulfide) groups is 1. The minimum absolute atomic E-state index is 0.0769. The first-order valence-corrected chi connectivity index (χ1v) is 12.8. The lowest BCUT2D eigenvalue weighted by molar-refractivity contribution is -0.126. The maximum atomic E-state index is 12.5. The number of aryl methyl sites for hydroxylation is 1. The Bertz CT molecular complexity index is 1050. The van der Waals surface area contributed by atoms with E-state index in [-0.39, 0.29) is 11.8 Å². The molecule has 1 aromatic heterocycles. The Kier molecular flexibility index (Phi) is 8.42. The maximum Gasteiger partial charge on any atom is 0.241 e. The molecule has 0 bridgehead atoms. The van der Waals surface area contributed by atoms with Crippen molar-refractivity contribution in [2.45, 2.75) is 32.1 Å². The Morgan fingerprint density at radius 2 is 2.00 bits per heavy atom. The second kappa shape index (κ2) is 11.7. The topological polar surface area (TPSA) is 71.3 Å². The van der Waals surface area contributed by atoms with Crippen LogP contribution in [0.5, 0.6) is 0 Å². The van der Waals surface area contributed by atoms with Crippen LogP contribution in [-0.2, 0) is 17.1 Å². The minimum atomic E-state index is 0.0769. The number of piperidine rings is 1. The molecule has 2 aromatic carbocycles. The molecule has 0 unspecified atom stereocenters. The van der Waals surface area contributed by atoms with E-state index in [2.05, 4.69) is 26.4 Å². The highest BCUT2D eigenvalue weighted by molar-refractivity contribution is 7.98. The van der Waals surface area contributed by atoms with Gasteiger partial charge in [0, 0.05) is 34.6 Å². The molecule has 3 aromatic rings. The average Bonchev–Trinajstić information content (AvgIpc) is 3.29. The smallest absolute Gasteiger partial charge is 0.241 e. The fourth-order valence-corrected chi connectivity index (χ4v) is 4.87. The van der Waals surface area contributed by atoms with E-state index in [1.54, 1.807) is 0 Å². The van der Waals surface area contributed by atoms with Crippen molar-refractivity contribution in [1.29, 1.82) is 0 Å². The summed E-state index contributed by atoms with van der Waals surface area (Å²) in [7, 11) is 0. The fraction of sp³-hybridized carbons (Fsp3) is 0.400. The molecule has 33 heavy (non-hydrogen) atoms. The highest BCUT2D eigenvalue weighted by Crippen LogP contribution is 2.21. The molecule has 1 amide bonds. The molecule has 6 nitrogen and oxygen atoms in total. The summed E-state index contributed by atoms with van der Waals surface area (Å²) in [5.74, 6) is 3.30. The predicted octanol–water partition coefficient (Wildman–Crippen LogP) is 4.96. The van der Waals surface area contributed by atoms with Crippen LogP contribution >= 0.6 is 23.4 Å². The van der Waals surface area contributed by atoms with Gasteiger partial charge in [0.15, 0.2) is 0 Å². The van der Waals surface area contributed by atoms with Crippen molar-refractivity contribution in [2.75, 3.05) is 25.4 Å². The lowest BCUT2D eigenvalue weighted by atomic mass is 9.96. The number of rotatable bonds is 9. The zero-order chi connectivity index (χ0) is 23.0. The SMILES string of the molecule is Cc1cccc(-c2noc(CN3CCC(C(=O)NCCSCc4ccc(Cl)cc4)CC3)n2)c1. The zero-order valence-electron chi connectivity index (χ0n) is 18.8. The molecule has 1 N–H and O–H groups in total. The molecule has 1 fully saturated rings. The second-order valence-electron chi connectivity index (χ2n) is 8.40. The van der Waals surface area contributed by atoms with Crippen LogP contribution in [0.1, 0.15) is 29.9 Å². The molecular weight excluding hydrogens is 456 g/mol. The quantitative estimate of drug-likeness (QED) is 0.433. The first-order chi connectivity index (χ1) is 16.1. The van der Waals surface area contributed by atoms with Crippen LogP contribution in [0, 0.1) is 12.8 Å². The number of nitrogens with zero attached hydrogens (tertiary/aromatic N) is 3. The molecule has 174 valence electrons. The monoisotopic (exact) mass is 484 g/mol. The lowest BCUT2D eigenvalue weighted by Gasteiger charge is -2.30. The van der Waals surface area contributed by atoms with E-state index in [0.717, 1.165) is 48.0 Å². The normalized spacial score (nSPS) is 15.0. The van der Waals surface area contributed by atoms with Gasteiger partial charge in [-0.1, -0.05) is 52.7 Å². The molecule has 0 atom stereocenters. The summed E-state index contributed by atoms with van der Waals surface area (Å²) in [5, 5.41) is 7.98. The van der Waals surface area contributed by atoms with Gasteiger partial charge in [-0.05, 0) is 56.6 Å². The average molecular weight is 485 g/mol. The summed E-state index contributed by atoms with van der Waals surface area (Å²) in [5.41, 5.74) is 3.38. The second-order valence-corrected chi connectivity index (χ2v) is 9.94. The Hall–Kier alpha value is -2.35. The van der Waals surface area contributed by atoms with Gasteiger partial charge in [0.05, 0.1) is 6.54 Å². The van der Waals surface area contributed by atoms with Gasteiger partial charge in [-0.3, -0.25) is 9.69 Å². The zero-order valence-corrected chi connectivity index (χ0v) is 20.4. The number of amides is 1. The Labute approximate surface area is 204 Å². The van der Waals surface area contributed by atoms with E-state index in [4.69, 9.17) is 16.1 Å². The number of carbonyl (C=O) groups excluding carboxylic acids is 1. The summed E-state index contributed by atoms with van der Waals surface area (Å²) in [6.07, 6.45) is 1.70. The third-order valence-corrected chi connectivity index (χ3v) is 7.07. The van der Waals surface area contributed by atoms with Gasteiger partial charge in [-0.15, -0.1) is 0 Å². The van der Waals surface area contributed by atoms with Gasteiger partial charge < -0.3 is 9.84 Å². The van der Waals surface area contributed by atoms with Gasteiger partial charge in [0.25, 0.3) is 0 Å². The van der Waals surface area contributed by atoms with Crippen LogP contribution < -0.4 is 5.32 Å². The van der Waals surface area contributed by atoms with E-state index in [1.165, 1.54) is 11.1 Å². The predicted molar refractivity (Wildman–Crippen MR) is 133 cm³/mol. The van der Waals surface area contributed by atoms with E-state index in [9.17, 15) is 4.79 Å². The third-order valence-electron chi connectivity index (χ3n) is 5.79. The molecule has 8 heteroatoms. The van der Waals surface area contributed by atoms with Crippen LogP contribution in [0.3, 0.4) is 0 Å². The van der Waals surface area contributed by atoms with Crippen LogP contribution in [0.25, 0.3) is 11.4 Å². The van der Waals surface area contributed by atoms with Gasteiger partial charge in [0.2, 0.25) is 17.6 Å². The van der Waals surface area contributed by atoms with E-state index < -0.39 is 0 Å². The molecular formula is C25H29ClN4O2S. The molecule has 0 aliphatic carbocycles. The van der Waals surface area contributed by atoms with Crippen molar-refractivity contribution < 1.29 is 9.32 Å². The minimum Gasteiger partial charge on any atom is -0.355 e. The third kappa shape index (κ3) is 7.06. The molecule has 1 aliphatic rings. The number of carbonyl (C=O) groups is 1. The van der Waals surface area contributed by atoms with Crippen LogP contribution in [0.2, 0.25) is 5.02 Å². The summed E-state index contributed by atoms with van der Waals surface area (Å²) in [6, 6.07) is 16.0. The summed E-state index contributed by atoms with van der Waals surface area (Å²) < 4.78 is 5.46. The van der Waals surface area contributed by atoms with Crippen molar-refractivity contribution >= 4 is 29.3 Å². The number of hydrogen-bond donors (Lipinski definition) is 1. The summed E-state index contributed by atoms with van der Waals surface area (Å²) >= 11 is 7.73. The standard InChI is InChI=1S/C25H29ClN4O2S/c1-18-3-2-4-21(15-18)24-28-23(32-29-24)16-30-12-9-20(10-13-30)25(31)27-11-14-33-17-19-5-7-22(26)8-6-19/h2-8,15,20H,9-14,16-17H2,1H3,(H,27,31). The fourth-order valence-electron chi connectivity index (χ4n) is 3.93. The van der Waals surface area contributed by atoms with Crippen molar-refractivity contribution in [1.82, 2.24) is 20.4 Å². The van der Waals surface area contributed by atoms with Crippen molar-refractivity contribution in [3.05, 3.63) is 70.6 Å². The molecule has 0 radical (unpaired) electrons. The number of halogens is 1. The number of nitrogens with one attached hydrogen (secondary N) is 1. The number of likely N-dealkylation sites (tertiary alicyclic amines) is 1. The Balaban J connectivity index is 1.14. The molecule has 1 saturated heterocycles. The van der Waals surface area contributed by atoms with E-state index in [0.29, 0.717) is 24.8 Å². The number of hydrogen-bond acceptors (Lipinski definition) is 6. The van der Waals surface area contributed by atoms with Crippen LogP contribution in [-0.4, -0.2) is 46.3 Å². The van der Waals surface area contributed by atoms with E-state index >= 15 is 0 Å². The molecule has 4 rings (SSSR count). The lowest BCUT2D eigenvalue weighted by Crippen LogP contribution is -2.40. The molecule has 1 aliphatic heterocycles. The van der Waals surface area contributed by atoms with Crippen LogP contribution in [0.15, 0.2) is 53.1 Å². The van der Waals surface area contributed by atoms with Gasteiger partial charge >= 0.3 is 0 Å². The first-order valence-electron chi connectivity index (χ1n) is 11.3. The Morgan fingerprint density at radius 1 is 1.21 bits per heavy atom. The van der Waals surface area contributed by atoms with Crippen molar-refractivity contribution in [3.63, 3.8) is 0 Å². The largest absolute Gasteiger partial charge is 0.355 e. The highest BCUT2D eigenvalue weighted by atomic mass is 35.5. The molecule has 0 saturated carbocycles. The van der Waals surface area contributed by atoms with Crippen molar-refractivity contribution in [3.8, 4) is 11.4 Å². The maximum absolute atomic E-state index is 12.5. The summed E-state index contributed by atoms with van der Waals surface area (Å²) in [4.78, 5) is 19.4. The van der Waals surface area contributed by atoms with E-state index in [1.807, 2.05) is 61.2 Å². The molecule has 0 spiro atoms. The first kappa shape index (κ1) is 23.8. The van der Waals surface area contributed by atoms with Gasteiger partial charge in [-0.2, -0.15) is 16.7 Å². The van der Waals surface area contributed by atoms with Crippen molar-refractivity contribution in [2.24, 2.45) is 5.92 Å². The van der Waals surface area contributed by atoms with Gasteiger partial charge in [0.1, 0.15) is 0 Å². The van der Waals surface area contributed by atoms with Crippen LogP contribution in [0.4, 0.5) is 0 Å². The highest BCUT2D eigenvalue weighted by Gasteiger charge is 2.25. The Morgan fingerprint density at radius 3 is 2.76 bits per heavy atom. The van der Waals surface area contributed by atoms with Gasteiger partial charge in [-0.25, -0.2) is 0 Å². The molecule has 2 heterocycles. The number of aromatic nitrogens is 2. The summed E-state index contributed by atoms with van der Waals surface area (Å²) in [6.45, 7) is 5.07.